The van der Waals surface area contributed by atoms with E-state index in [-0.39, 0.29) is 31.2 Å². The summed E-state index contributed by atoms with van der Waals surface area (Å²) in [6.45, 7) is 2.61. The van der Waals surface area contributed by atoms with E-state index in [4.69, 9.17) is 15.0 Å². The molecule has 0 bridgehead atoms. The summed E-state index contributed by atoms with van der Waals surface area (Å²) in [6, 6.07) is 8.56. The van der Waals surface area contributed by atoms with Crippen molar-refractivity contribution >= 4 is 42.9 Å². The molecule has 0 saturated heterocycles. The minimum absolute atomic E-state index is 0.124. The molecule has 0 saturated carbocycles. The predicted octanol–water partition coefficient (Wildman–Crippen LogP) is -1.74. The first kappa shape index (κ1) is 24.0. The van der Waals surface area contributed by atoms with Gasteiger partial charge in [0.25, 0.3) is 11.8 Å². The first-order valence-corrected chi connectivity index (χ1v) is 11.0. The van der Waals surface area contributed by atoms with Gasteiger partial charge in [0, 0.05) is 17.7 Å². The molecule has 2 heterocycles. The van der Waals surface area contributed by atoms with Crippen molar-refractivity contribution in [3.63, 3.8) is 0 Å². The minimum atomic E-state index is -1.14. The van der Waals surface area contributed by atoms with E-state index >= 15 is 0 Å². The number of carbonyl (C=O) groups excluding carboxylic acids is 3. The van der Waals surface area contributed by atoms with Gasteiger partial charge in [0.2, 0.25) is 5.91 Å². The molecule has 10 nitrogen and oxygen atoms in total. The van der Waals surface area contributed by atoms with Crippen LogP contribution in [0.4, 0.5) is 0 Å². The van der Waals surface area contributed by atoms with Gasteiger partial charge in [0.05, 0.1) is 19.8 Å². The highest BCUT2D eigenvalue weighted by Gasteiger charge is 2.31. The zero-order valence-corrected chi connectivity index (χ0v) is 18.7. The fourth-order valence-electron chi connectivity index (χ4n) is 4.10. The van der Waals surface area contributed by atoms with Crippen molar-refractivity contribution in [3.05, 3.63) is 58.7 Å². The van der Waals surface area contributed by atoms with E-state index < -0.39 is 32.1 Å². The normalized spacial score (nSPS) is 15.0. The second-order valence-electron chi connectivity index (χ2n) is 8.33. The molecule has 2 aliphatic rings. The summed E-state index contributed by atoms with van der Waals surface area (Å²) in [5.74, 6) is -1.71. The smallest absolute Gasteiger partial charge is 0.423 e. The van der Waals surface area contributed by atoms with E-state index in [1.165, 1.54) is 11.0 Å². The lowest BCUT2D eigenvalue weighted by Crippen LogP contribution is -2.52. The molecule has 4 rings (SSSR count). The van der Waals surface area contributed by atoms with Gasteiger partial charge in [-0.05, 0) is 52.7 Å². The van der Waals surface area contributed by atoms with Gasteiger partial charge in [-0.1, -0.05) is 19.1 Å². The molecule has 1 atom stereocenters. The topological polar surface area (TPSA) is 151 Å². The van der Waals surface area contributed by atoms with Crippen LogP contribution in [0, 0.1) is 0 Å². The number of nitrogens with two attached hydrogens (primary N) is 1. The molecule has 0 fully saturated rings. The van der Waals surface area contributed by atoms with E-state index in [1.54, 1.807) is 30.3 Å². The number of benzene rings is 2. The number of carbonyl (C=O) groups is 3. The van der Waals surface area contributed by atoms with Gasteiger partial charge in [-0.3, -0.25) is 14.4 Å². The monoisotopic (exact) mass is 465 g/mol. The van der Waals surface area contributed by atoms with E-state index in [2.05, 4.69) is 5.32 Å². The Morgan fingerprint density at radius 1 is 1.03 bits per heavy atom. The lowest BCUT2D eigenvalue weighted by molar-refractivity contribution is -0.120. The summed E-state index contributed by atoms with van der Waals surface area (Å²) in [5.41, 5.74) is 8.72. The third-order valence-electron chi connectivity index (χ3n) is 5.96. The first-order chi connectivity index (χ1) is 16.3. The second kappa shape index (κ2) is 9.98. The average Bonchev–Trinajstić information content (AvgIpc) is 3.39. The van der Waals surface area contributed by atoms with E-state index in [1.807, 2.05) is 6.92 Å². The molecule has 0 spiro atoms. The molecule has 3 amide bonds. The van der Waals surface area contributed by atoms with Crippen LogP contribution in [0.5, 0.6) is 0 Å². The van der Waals surface area contributed by atoms with Gasteiger partial charge in [-0.2, -0.15) is 0 Å². The quantitative estimate of drug-likeness (QED) is 0.338. The van der Waals surface area contributed by atoms with E-state index in [9.17, 15) is 24.4 Å². The maximum Gasteiger partial charge on any atom is 0.491 e. The lowest BCUT2D eigenvalue weighted by atomic mass is 9.78. The van der Waals surface area contributed by atoms with Gasteiger partial charge in [0.1, 0.15) is 6.04 Å². The molecule has 0 radical (unpaired) electrons. The standard InChI is InChI=1S/C22H25B2N3O7/c1-2-7-27(22(30)14-4-6-16-12-34-24(32)18(16)9-14)10-19(20(25)28)26-21(29)13-3-5-15-11-33-23(31)17(15)8-13/h3-6,8-9,19,31-32H,2,7,10-12H2,1H3,(H2,25,28)(H,26,29)/t19-/m0/s1. The van der Waals surface area contributed by atoms with Crippen LogP contribution in [0.25, 0.3) is 0 Å². The Labute approximate surface area is 197 Å². The summed E-state index contributed by atoms with van der Waals surface area (Å²) in [5, 5.41) is 22.4. The number of hydrogen-bond donors (Lipinski definition) is 4. The maximum absolute atomic E-state index is 13.2. The molecule has 2 aromatic rings. The van der Waals surface area contributed by atoms with Crippen LogP contribution in [-0.2, 0) is 27.3 Å². The molecule has 176 valence electrons. The summed E-state index contributed by atoms with van der Waals surface area (Å²) < 4.78 is 10.3. The number of nitrogens with one attached hydrogen (secondary N) is 1. The van der Waals surface area contributed by atoms with Crippen molar-refractivity contribution in [2.45, 2.75) is 32.6 Å². The van der Waals surface area contributed by atoms with Gasteiger partial charge in [0.15, 0.2) is 0 Å². The fraction of sp³-hybridized carbons (Fsp3) is 0.318. The van der Waals surface area contributed by atoms with E-state index in [0.29, 0.717) is 29.5 Å². The summed E-state index contributed by atoms with van der Waals surface area (Å²) in [6.07, 6.45) is 0.616. The lowest BCUT2D eigenvalue weighted by Gasteiger charge is -2.27. The summed E-state index contributed by atoms with van der Waals surface area (Å²) in [4.78, 5) is 39.6. The number of primary amides is 1. The zero-order chi connectivity index (χ0) is 24.4. The second-order valence-corrected chi connectivity index (χ2v) is 8.33. The van der Waals surface area contributed by atoms with Crippen molar-refractivity contribution in [2.24, 2.45) is 5.73 Å². The largest absolute Gasteiger partial charge is 0.491 e. The van der Waals surface area contributed by atoms with Crippen molar-refractivity contribution in [3.8, 4) is 0 Å². The van der Waals surface area contributed by atoms with Crippen molar-refractivity contribution < 1.29 is 33.7 Å². The molecule has 2 aromatic carbocycles. The zero-order valence-electron chi connectivity index (χ0n) is 18.7. The van der Waals surface area contributed by atoms with Gasteiger partial charge in [-0.15, -0.1) is 0 Å². The van der Waals surface area contributed by atoms with Crippen LogP contribution in [0.15, 0.2) is 36.4 Å². The highest BCUT2D eigenvalue weighted by Crippen LogP contribution is 2.15. The molecular formula is C22H25B2N3O7. The van der Waals surface area contributed by atoms with E-state index in [0.717, 1.165) is 11.1 Å². The molecule has 5 N–H and O–H groups in total. The molecule has 34 heavy (non-hydrogen) atoms. The van der Waals surface area contributed by atoms with Crippen LogP contribution in [0.3, 0.4) is 0 Å². The molecule has 12 heteroatoms. The van der Waals surface area contributed by atoms with Gasteiger partial charge in [-0.25, -0.2) is 0 Å². The van der Waals surface area contributed by atoms with Crippen molar-refractivity contribution in [2.75, 3.05) is 13.1 Å². The Bertz CT molecular complexity index is 1130. The Morgan fingerprint density at radius 2 is 1.59 bits per heavy atom. The number of nitrogens with zero attached hydrogens (tertiary/aromatic N) is 1. The fourth-order valence-corrected chi connectivity index (χ4v) is 4.10. The SMILES string of the molecule is CCCN(C[C@H](NC(=O)c1ccc2c(c1)B(O)OC2)C(N)=O)C(=O)c1ccc2c(c1)B(O)OC2. The first-order valence-electron chi connectivity index (χ1n) is 11.0. The highest BCUT2D eigenvalue weighted by atomic mass is 16.5. The number of fused-ring (bicyclic) bond motifs is 2. The average molecular weight is 465 g/mol. The highest BCUT2D eigenvalue weighted by molar-refractivity contribution is 6.62. The summed E-state index contributed by atoms with van der Waals surface area (Å²) in [7, 11) is -2.19. The summed E-state index contributed by atoms with van der Waals surface area (Å²) >= 11 is 0. The number of rotatable bonds is 8. The van der Waals surface area contributed by atoms with Gasteiger partial charge >= 0.3 is 14.2 Å². The number of hydrogen-bond acceptors (Lipinski definition) is 7. The Morgan fingerprint density at radius 3 is 2.15 bits per heavy atom. The van der Waals surface area contributed by atoms with Crippen LogP contribution >= 0.6 is 0 Å². The van der Waals surface area contributed by atoms with Crippen LogP contribution in [0.1, 0.15) is 45.2 Å². The minimum Gasteiger partial charge on any atom is -0.423 e. The Balaban J connectivity index is 1.50. The molecule has 0 aromatic heterocycles. The maximum atomic E-state index is 13.2. The third-order valence-corrected chi connectivity index (χ3v) is 5.96. The number of amides is 3. The molecule has 0 aliphatic carbocycles. The third kappa shape index (κ3) is 4.85. The molecule has 0 unspecified atom stereocenters. The van der Waals surface area contributed by atoms with Crippen molar-refractivity contribution in [1.82, 2.24) is 10.2 Å². The predicted molar refractivity (Wildman–Crippen MR) is 124 cm³/mol. The molecular weight excluding hydrogens is 440 g/mol. The molecule has 2 aliphatic heterocycles. The van der Waals surface area contributed by atoms with Crippen LogP contribution in [-0.4, -0.2) is 66.0 Å². The van der Waals surface area contributed by atoms with Crippen molar-refractivity contribution in [1.29, 1.82) is 0 Å². The van der Waals surface area contributed by atoms with Gasteiger partial charge < -0.3 is 35.3 Å². The van der Waals surface area contributed by atoms with Crippen LogP contribution < -0.4 is 22.0 Å². The van der Waals surface area contributed by atoms with Crippen LogP contribution in [0.2, 0.25) is 0 Å². The Hall–Kier alpha value is -3.18. The Kier molecular flexibility index (Phi) is 7.03.